The summed E-state index contributed by atoms with van der Waals surface area (Å²) in [6.45, 7) is 7.40. The van der Waals surface area contributed by atoms with Crippen molar-refractivity contribution < 1.29 is 0 Å². The zero-order valence-electron chi connectivity index (χ0n) is 9.07. The van der Waals surface area contributed by atoms with Crippen molar-refractivity contribution in [2.45, 2.75) is 12.8 Å². The van der Waals surface area contributed by atoms with Gasteiger partial charge in [-0.1, -0.05) is 25.3 Å². The molecule has 0 saturated carbocycles. The van der Waals surface area contributed by atoms with Crippen LogP contribution >= 0.6 is 11.3 Å². The SMILES string of the molecule is C=C/C=C(\C=C)Nc1nc2c(s1)CCC=C2. The smallest absolute Gasteiger partial charge is 0.187 e. The van der Waals surface area contributed by atoms with Crippen molar-refractivity contribution >= 4 is 22.5 Å². The van der Waals surface area contributed by atoms with E-state index in [1.54, 1.807) is 23.5 Å². The molecule has 0 radical (unpaired) electrons. The molecule has 0 aliphatic heterocycles. The second-order valence-corrected chi connectivity index (χ2v) is 4.54. The summed E-state index contributed by atoms with van der Waals surface area (Å²) in [5, 5.41) is 4.15. The van der Waals surface area contributed by atoms with Gasteiger partial charge in [-0.15, -0.1) is 11.3 Å². The number of aryl methyl sites for hydroxylation is 1. The molecule has 0 bridgehead atoms. The summed E-state index contributed by atoms with van der Waals surface area (Å²) in [6.07, 6.45) is 11.8. The molecule has 0 unspecified atom stereocenters. The van der Waals surface area contributed by atoms with E-state index in [2.05, 4.69) is 35.6 Å². The van der Waals surface area contributed by atoms with E-state index < -0.39 is 0 Å². The first-order valence-corrected chi connectivity index (χ1v) is 6.03. The Morgan fingerprint density at radius 3 is 3.06 bits per heavy atom. The normalized spacial score (nSPS) is 14.4. The summed E-state index contributed by atoms with van der Waals surface area (Å²) in [5.74, 6) is 0. The maximum atomic E-state index is 4.52. The van der Waals surface area contributed by atoms with E-state index >= 15 is 0 Å². The third kappa shape index (κ3) is 2.31. The number of rotatable bonds is 4. The van der Waals surface area contributed by atoms with Crippen LogP contribution in [0.15, 0.2) is 43.2 Å². The number of nitrogens with zero attached hydrogens (tertiary/aromatic N) is 1. The fourth-order valence-corrected chi connectivity index (χ4v) is 2.53. The number of thiazole rings is 1. The molecule has 0 amide bonds. The molecule has 0 aromatic carbocycles. The number of hydrogen-bond donors (Lipinski definition) is 1. The van der Waals surface area contributed by atoms with Crippen molar-refractivity contribution in [1.82, 2.24) is 4.98 Å². The molecule has 0 atom stereocenters. The van der Waals surface area contributed by atoms with Crippen LogP contribution in [0, 0.1) is 0 Å². The van der Waals surface area contributed by atoms with Crippen LogP contribution in [0.3, 0.4) is 0 Å². The molecule has 0 spiro atoms. The molecule has 3 heteroatoms. The van der Waals surface area contributed by atoms with Gasteiger partial charge in [-0.05, 0) is 31.1 Å². The Morgan fingerprint density at radius 1 is 1.50 bits per heavy atom. The van der Waals surface area contributed by atoms with Crippen LogP contribution in [0.25, 0.3) is 6.08 Å². The topological polar surface area (TPSA) is 24.9 Å². The molecular weight excluding hydrogens is 216 g/mol. The molecule has 82 valence electrons. The second kappa shape index (κ2) is 4.94. The van der Waals surface area contributed by atoms with Crippen molar-refractivity contribution in [2.24, 2.45) is 0 Å². The van der Waals surface area contributed by atoms with Gasteiger partial charge in [0, 0.05) is 10.6 Å². The van der Waals surface area contributed by atoms with E-state index in [0.717, 1.165) is 29.4 Å². The lowest BCUT2D eigenvalue weighted by Crippen LogP contribution is -1.95. The van der Waals surface area contributed by atoms with Crippen LogP contribution in [-0.4, -0.2) is 4.98 Å². The Hall–Kier alpha value is -1.61. The van der Waals surface area contributed by atoms with E-state index in [1.807, 2.05) is 6.08 Å². The third-order valence-electron chi connectivity index (χ3n) is 2.31. The highest BCUT2D eigenvalue weighted by Crippen LogP contribution is 2.29. The minimum Gasteiger partial charge on any atom is -0.332 e. The van der Waals surface area contributed by atoms with Gasteiger partial charge in [-0.2, -0.15) is 0 Å². The summed E-state index contributed by atoms with van der Waals surface area (Å²) in [5.41, 5.74) is 2.02. The Balaban J connectivity index is 2.19. The van der Waals surface area contributed by atoms with Gasteiger partial charge in [0.1, 0.15) is 0 Å². The minimum absolute atomic E-state index is 0.921. The van der Waals surface area contributed by atoms with Gasteiger partial charge in [0.2, 0.25) is 0 Å². The monoisotopic (exact) mass is 230 g/mol. The molecule has 1 aromatic heterocycles. The molecule has 1 heterocycles. The van der Waals surface area contributed by atoms with E-state index in [1.165, 1.54) is 4.88 Å². The van der Waals surface area contributed by atoms with Crippen molar-refractivity contribution in [1.29, 1.82) is 0 Å². The predicted molar refractivity (Wildman–Crippen MR) is 71.6 cm³/mol. The minimum atomic E-state index is 0.921. The number of anilines is 1. The van der Waals surface area contributed by atoms with E-state index in [4.69, 9.17) is 0 Å². The maximum Gasteiger partial charge on any atom is 0.187 e. The molecular formula is C13H14N2S. The van der Waals surface area contributed by atoms with Crippen LogP contribution in [0.5, 0.6) is 0 Å². The van der Waals surface area contributed by atoms with Crippen molar-refractivity contribution in [2.75, 3.05) is 5.32 Å². The largest absolute Gasteiger partial charge is 0.332 e. The quantitative estimate of drug-likeness (QED) is 0.796. The number of allylic oxidation sites excluding steroid dienone is 4. The average Bonchev–Trinajstić information content (AvgIpc) is 2.70. The summed E-state index contributed by atoms with van der Waals surface area (Å²) in [4.78, 5) is 5.87. The lowest BCUT2D eigenvalue weighted by atomic mass is 10.1. The Kier molecular flexibility index (Phi) is 3.37. The van der Waals surface area contributed by atoms with Gasteiger partial charge in [-0.3, -0.25) is 0 Å². The number of nitrogens with one attached hydrogen (secondary N) is 1. The molecule has 0 saturated heterocycles. The van der Waals surface area contributed by atoms with Crippen LogP contribution < -0.4 is 5.32 Å². The summed E-state index contributed by atoms with van der Waals surface area (Å²) in [7, 11) is 0. The highest BCUT2D eigenvalue weighted by molar-refractivity contribution is 7.15. The summed E-state index contributed by atoms with van der Waals surface area (Å²) in [6, 6.07) is 0. The molecule has 0 fully saturated rings. The molecule has 2 rings (SSSR count). The van der Waals surface area contributed by atoms with E-state index in [9.17, 15) is 0 Å². The molecule has 1 aromatic rings. The number of fused-ring (bicyclic) bond motifs is 1. The molecule has 16 heavy (non-hydrogen) atoms. The van der Waals surface area contributed by atoms with Crippen molar-refractivity contribution in [3.63, 3.8) is 0 Å². The molecule has 1 N–H and O–H groups in total. The fourth-order valence-electron chi connectivity index (χ4n) is 1.55. The Labute approximate surface area is 99.7 Å². The van der Waals surface area contributed by atoms with Gasteiger partial charge in [0.05, 0.1) is 5.69 Å². The first kappa shape index (κ1) is 10.9. The first-order chi connectivity index (χ1) is 7.83. The Morgan fingerprint density at radius 2 is 2.38 bits per heavy atom. The van der Waals surface area contributed by atoms with Crippen LogP contribution in [0.2, 0.25) is 0 Å². The standard InChI is InChI=1S/C13H14N2S/c1-3-7-10(4-2)14-13-15-11-8-5-6-9-12(11)16-13/h3-5,7-8H,1-2,6,9H2,(H,14,15)/b10-7+. The lowest BCUT2D eigenvalue weighted by molar-refractivity contribution is 1.00. The average molecular weight is 230 g/mol. The summed E-state index contributed by atoms with van der Waals surface area (Å²) >= 11 is 1.71. The van der Waals surface area contributed by atoms with Crippen LogP contribution in [-0.2, 0) is 6.42 Å². The fraction of sp³-hybridized carbons (Fsp3) is 0.154. The molecule has 1 aliphatic rings. The van der Waals surface area contributed by atoms with Gasteiger partial charge in [-0.25, -0.2) is 4.98 Å². The van der Waals surface area contributed by atoms with Crippen LogP contribution in [0.4, 0.5) is 5.13 Å². The molecule has 2 nitrogen and oxygen atoms in total. The zero-order valence-corrected chi connectivity index (χ0v) is 9.89. The van der Waals surface area contributed by atoms with Gasteiger partial charge in [0.15, 0.2) is 5.13 Å². The number of aromatic nitrogens is 1. The second-order valence-electron chi connectivity index (χ2n) is 3.46. The molecule has 1 aliphatic carbocycles. The lowest BCUT2D eigenvalue weighted by Gasteiger charge is -2.00. The van der Waals surface area contributed by atoms with E-state index in [-0.39, 0.29) is 0 Å². The van der Waals surface area contributed by atoms with Crippen molar-refractivity contribution in [3.8, 4) is 0 Å². The predicted octanol–water partition coefficient (Wildman–Crippen LogP) is 3.77. The summed E-state index contributed by atoms with van der Waals surface area (Å²) < 4.78 is 0. The highest BCUT2D eigenvalue weighted by atomic mass is 32.1. The van der Waals surface area contributed by atoms with E-state index in [0.29, 0.717) is 0 Å². The highest BCUT2D eigenvalue weighted by Gasteiger charge is 2.11. The van der Waals surface area contributed by atoms with Crippen molar-refractivity contribution in [3.05, 3.63) is 53.7 Å². The van der Waals surface area contributed by atoms with Gasteiger partial charge < -0.3 is 5.32 Å². The van der Waals surface area contributed by atoms with Crippen LogP contribution in [0.1, 0.15) is 17.0 Å². The third-order valence-corrected chi connectivity index (χ3v) is 3.36. The first-order valence-electron chi connectivity index (χ1n) is 5.22. The Bertz CT molecular complexity index is 466. The van der Waals surface area contributed by atoms with Gasteiger partial charge in [0.25, 0.3) is 0 Å². The zero-order chi connectivity index (χ0) is 11.4. The maximum absolute atomic E-state index is 4.52. The number of hydrogen-bond acceptors (Lipinski definition) is 3. The van der Waals surface area contributed by atoms with Gasteiger partial charge >= 0.3 is 0 Å².